The number of nitrogens with zero attached hydrogens (tertiary/aromatic N) is 3. The molecule has 0 bridgehead atoms. The molecule has 2 aromatic rings. The molecule has 0 spiro atoms. The standard InChI is InChI=1S/C15H19N3O/c1-11-5-4-8-18-15(11)16-14(17-18)10-12-6-3-7-13(9-12)19-2/h3,6-7,9,11H,4-5,8,10H2,1-2H3. The van der Waals surface area contributed by atoms with E-state index in [0.29, 0.717) is 5.92 Å². The molecule has 4 heteroatoms. The Morgan fingerprint density at radius 3 is 3.11 bits per heavy atom. The SMILES string of the molecule is COc1cccc(Cc2nc3n(n2)CCCC3C)c1. The van der Waals surface area contributed by atoms with E-state index in [1.54, 1.807) is 7.11 Å². The Kier molecular flexibility index (Phi) is 3.23. The largest absolute Gasteiger partial charge is 0.497 e. The molecule has 1 aliphatic rings. The number of hydrogen-bond donors (Lipinski definition) is 0. The van der Waals surface area contributed by atoms with E-state index in [2.05, 4.69) is 22.8 Å². The molecule has 19 heavy (non-hydrogen) atoms. The fraction of sp³-hybridized carbons (Fsp3) is 0.467. The number of methoxy groups -OCH3 is 1. The van der Waals surface area contributed by atoms with E-state index in [4.69, 9.17) is 9.72 Å². The van der Waals surface area contributed by atoms with Gasteiger partial charge in [-0.3, -0.25) is 0 Å². The maximum atomic E-state index is 5.24. The second-order valence-electron chi connectivity index (χ2n) is 5.18. The van der Waals surface area contributed by atoms with Crippen LogP contribution in [-0.2, 0) is 13.0 Å². The zero-order valence-corrected chi connectivity index (χ0v) is 11.5. The number of hydrogen-bond acceptors (Lipinski definition) is 3. The Morgan fingerprint density at radius 1 is 1.42 bits per heavy atom. The van der Waals surface area contributed by atoms with Crippen molar-refractivity contribution in [1.29, 1.82) is 0 Å². The zero-order chi connectivity index (χ0) is 13.2. The van der Waals surface area contributed by atoms with Crippen LogP contribution < -0.4 is 4.74 Å². The van der Waals surface area contributed by atoms with Gasteiger partial charge in [-0.05, 0) is 30.5 Å². The second kappa shape index (κ2) is 5.03. The Bertz CT molecular complexity index is 577. The van der Waals surface area contributed by atoms with E-state index in [0.717, 1.165) is 30.4 Å². The van der Waals surface area contributed by atoms with Gasteiger partial charge >= 0.3 is 0 Å². The molecule has 0 fully saturated rings. The summed E-state index contributed by atoms with van der Waals surface area (Å²) in [7, 11) is 1.69. The van der Waals surface area contributed by atoms with Crippen LogP contribution in [0.3, 0.4) is 0 Å². The van der Waals surface area contributed by atoms with E-state index in [-0.39, 0.29) is 0 Å². The summed E-state index contributed by atoms with van der Waals surface area (Å²) in [6.07, 6.45) is 3.19. The Labute approximate surface area is 113 Å². The van der Waals surface area contributed by atoms with Crippen LogP contribution in [0.4, 0.5) is 0 Å². The molecule has 1 aliphatic heterocycles. The average molecular weight is 257 g/mol. The van der Waals surface area contributed by atoms with Gasteiger partial charge in [0.1, 0.15) is 11.6 Å². The van der Waals surface area contributed by atoms with Crippen molar-refractivity contribution in [2.75, 3.05) is 7.11 Å². The van der Waals surface area contributed by atoms with Crippen molar-refractivity contribution in [1.82, 2.24) is 14.8 Å². The van der Waals surface area contributed by atoms with Gasteiger partial charge in [0.05, 0.1) is 7.11 Å². The minimum absolute atomic E-state index is 0.528. The molecule has 0 aliphatic carbocycles. The lowest BCUT2D eigenvalue weighted by Gasteiger charge is -2.17. The van der Waals surface area contributed by atoms with Gasteiger partial charge in [-0.1, -0.05) is 19.1 Å². The third-order valence-corrected chi connectivity index (χ3v) is 3.69. The second-order valence-corrected chi connectivity index (χ2v) is 5.18. The lowest BCUT2D eigenvalue weighted by atomic mass is 10.0. The first kappa shape index (κ1) is 12.2. The van der Waals surface area contributed by atoms with Crippen LogP contribution in [0.2, 0.25) is 0 Å². The normalized spacial score (nSPS) is 18.1. The number of rotatable bonds is 3. The first-order chi connectivity index (χ1) is 9.26. The van der Waals surface area contributed by atoms with E-state index < -0.39 is 0 Å². The summed E-state index contributed by atoms with van der Waals surface area (Å²) in [6, 6.07) is 8.10. The van der Waals surface area contributed by atoms with Crippen molar-refractivity contribution < 1.29 is 4.74 Å². The molecule has 0 saturated carbocycles. The lowest BCUT2D eigenvalue weighted by Crippen LogP contribution is -2.14. The van der Waals surface area contributed by atoms with Gasteiger partial charge in [0.15, 0.2) is 5.82 Å². The van der Waals surface area contributed by atoms with Crippen LogP contribution in [0.15, 0.2) is 24.3 Å². The predicted molar refractivity (Wildman–Crippen MR) is 73.5 cm³/mol. The molecule has 4 nitrogen and oxygen atoms in total. The third-order valence-electron chi connectivity index (χ3n) is 3.69. The molecule has 1 aromatic heterocycles. The molecule has 3 rings (SSSR count). The minimum Gasteiger partial charge on any atom is -0.497 e. The fourth-order valence-electron chi connectivity index (χ4n) is 2.65. The predicted octanol–water partition coefficient (Wildman–Crippen LogP) is 2.77. The van der Waals surface area contributed by atoms with Gasteiger partial charge in [-0.2, -0.15) is 5.10 Å². The highest BCUT2D eigenvalue weighted by molar-refractivity contribution is 5.30. The van der Waals surface area contributed by atoms with E-state index in [9.17, 15) is 0 Å². The smallest absolute Gasteiger partial charge is 0.155 e. The van der Waals surface area contributed by atoms with Crippen molar-refractivity contribution in [3.8, 4) is 5.75 Å². The van der Waals surface area contributed by atoms with Gasteiger partial charge in [0, 0.05) is 18.9 Å². The van der Waals surface area contributed by atoms with E-state index in [1.807, 2.05) is 18.2 Å². The van der Waals surface area contributed by atoms with Gasteiger partial charge in [-0.25, -0.2) is 9.67 Å². The molecule has 1 atom stereocenters. The van der Waals surface area contributed by atoms with Crippen LogP contribution in [0.5, 0.6) is 5.75 Å². The van der Waals surface area contributed by atoms with Gasteiger partial charge < -0.3 is 4.74 Å². The molecular formula is C15H19N3O. The molecular weight excluding hydrogens is 238 g/mol. The summed E-state index contributed by atoms with van der Waals surface area (Å²) in [5, 5.41) is 4.62. The average Bonchev–Trinajstić information content (AvgIpc) is 2.83. The topological polar surface area (TPSA) is 39.9 Å². The molecule has 0 amide bonds. The monoisotopic (exact) mass is 257 g/mol. The molecule has 0 radical (unpaired) electrons. The van der Waals surface area contributed by atoms with Crippen LogP contribution >= 0.6 is 0 Å². The van der Waals surface area contributed by atoms with Crippen molar-refractivity contribution in [3.05, 3.63) is 41.5 Å². The molecule has 2 heterocycles. The molecule has 1 aromatic carbocycles. The summed E-state index contributed by atoms with van der Waals surface area (Å²) >= 11 is 0. The summed E-state index contributed by atoms with van der Waals surface area (Å²) < 4.78 is 7.32. The van der Waals surface area contributed by atoms with Crippen LogP contribution in [-0.4, -0.2) is 21.9 Å². The van der Waals surface area contributed by atoms with Gasteiger partial charge in [-0.15, -0.1) is 0 Å². The van der Waals surface area contributed by atoms with Crippen molar-refractivity contribution >= 4 is 0 Å². The Balaban J connectivity index is 1.83. The Hall–Kier alpha value is -1.84. The van der Waals surface area contributed by atoms with Crippen molar-refractivity contribution in [2.45, 2.75) is 38.6 Å². The third kappa shape index (κ3) is 2.48. The van der Waals surface area contributed by atoms with Crippen LogP contribution in [0.25, 0.3) is 0 Å². The summed E-state index contributed by atoms with van der Waals surface area (Å²) in [6.45, 7) is 3.24. The number of benzene rings is 1. The van der Waals surface area contributed by atoms with Gasteiger partial charge in [0.2, 0.25) is 0 Å². The number of ether oxygens (including phenoxy) is 1. The van der Waals surface area contributed by atoms with Crippen LogP contribution in [0, 0.1) is 0 Å². The van der Waals surface area contributed by atoms with Crippen molar-refractivity contribution in [3.63, 3.8) is 0 Å². The summed E-state index contributed by atoms with van der Waals surface area (Å²) in [5.41, 5.74) is 1.19. The Morgan fingerprint density at radius 2 is 2.32 bits per heavy atom. The quantitative estimate of drug-likeness (QED) is 0.849. The van der Waals surface area contributed by atoms with E-state index >= 15 is 0 Å². The summed E-state index contributed by atoms with van der Waals surface area (Å²) in [4.78, 5) is 4.69. The molecule has 0 N–H and O–H groups in total. The zero-order valence-electron chi connectivity index (χ0n) is 11.5. The molecule has 0 saturated heterocycles. The fourth-order valence-corrected chi connectivity index (χ4v) is 2.65. The van der Waals surface area contributed by atoms with Crippen molar-refractivity contribution in [2.24, 2.45) is 0 Å². The molecule has 1 unspecified atom stereocenters. The first-order valence-corrected chi connectivity index (χ1v) is 6.83. The summed E-state index contributed by atoms with van der Waals surface area (Å²) in [5.74, 6) is 3.47. The highest BCUT2D eigenvalue weighted by Gasteiger charge is 2.20. The van der Waals surface area contributed by atoms with E-state index in [1.165, 1.54) is 18.4 Å². The van der Waals surface area contributed by atoms with Gasteiger partial charge in [0.25, 0.3) is 0 Å². The number of fused-ring (bicyclic) bond motifs is 1. The highest BCUT2D eigenvalue weighted by Crippen LogP contribution is 2.25. The lowest BCUT2D eigenvalue weighted by molar-refractivity contribution is 0.414. The maximum Gasteiger partial charge on any atom is 0.155 e. The minimum atomic E-state index is 0.528. The number of aryl methyl sites for hydroxylation is 1. The number of aromatic nitrogens is 3. The van der Waals surface area contributed by atoms with Crippen LogP contribution in [0.1, 0.15) is 42.9 Å². The molecule has 100 valence electrons. The first-order valence-electron chi connectivity index (χ1n) is 6.83. The maximum absolute atomic E-state index is 5.24. The highest BCUT2D eigenvalue weighted by atomic mass is 16.5.